The molecule has 0 unspecified atom stereocenters. The van der Waals surface area contributed by atoms with Gasteiger partial charge in [0, 0.05) is 16.9 Å². The maximum Gasteiger partial charge on any atom is 1.00 e. The topological polar surface area (TPSA) is 24.9 Å². The van der Waals surface area contributed by atoms with Crippen LogP contribution in [-0.4, -0.2) is 18.1 Å². The third kappa shape index (κ3) is 3.32. The Kier molecular flexibility index (Phi) is 4.91. The lowest BCUT2D eigenvalue weighted by atomic mass is 9.99. The number of nitrogens with one attached hydrogen (secondary N) is 1. The zero-order valence-corrected chi connectivity index (χ0v) is 12.0. The lowest BCUT2D eigenvalue weighted by Crippen LogP contribution is -3.00. The summed E-state index contributed by atoms with van der Waals surface area (Å²) in [5, 5.41) is 6.66. The van der Waals surface area contributed by atoms with Crippen molar-refractivity contribution in [3.05, 3.63) is 40.5 Å². The van der Waals surface area contributed by atoms with Crippen LogP contribution in [0.2, 0.25) is 0 Å². The van der Waals surface area contributed by atoms with E-state index in [-0.39, 0.29) is 19.7 Å². The summed E-state index contributed by atoms with van der Waals surface area (Å²) >= 11 is 1.72. The Balaban J connectivity index is 0.000001000. The first-order valence-corrected chi connectivity index (χ1v) is 7.13. The molecular formula is C14H16ClFN2S. The van der Waals surface area contributed by atoms with Crippen LogP contribution in [0.4, 0.5) is 4.39 Å². The van der Waals surface area contributed by atoms with Gasteiger partial charge in [0.1, 0.15) is 5.82 Å². The monoisotopic (exact) mass is 298 g/mol. The van der Waals surface area contributed by atoms with Gasteiger partial charge in [0.15, 0.2) is 0 Å². The quantitative estimate of drug-likeness (QED) is 0.875. The van der Waals surface area contributed by atoms with Crippen LogP contribution in [0.5, 0.6) is 0 Å². The number of nitrogens with zero attached hydrogens (tertiary/aromatic N) is 1. The minimum atomic E-state index is -0.201. The summed E-state index contributed by atoms with van der Waals surface area (Å²) in [6.45, 7) is 2.16. The van der Waals surface area contributed by atoms with Gasteiger partial charge in [0.05, 0.1) is 10.7 Å². The maximum absolute atomic E-state index is 12.9. The number of hydrogen-bond acceptors (Lipinski definition) is 3. The van der Waals surface area contributed by atoms with E-state index in [0.717, 1.165) is 37.2 Å². The fourth-order valence-electron chi connectivity index (χ4n) is 2.30. The fraction of sp³-hybridized carbons (Fsp3) is 0.357. The van der Waals surface area contributed by atoms with E-state index in [1.807, 2.05) is 0 Å². The molecule has 3 rings (SSSR count). The first-order valence-electron chi connectivity index (χ1n) is 6.25. The van der Waals surface area contributed by atoms with Crippen LogP contribution >= 0.6 is 11.3 Å². The van der Waals surface area contributed by atoms with Gasteiger partial charge < -0.3 is 17.7 Å². The third-order valence-electron chi connectivity index (χ3n) is 3.35. The first kappa shape index (κ1) is 14.4. The molecule has 5 heteroatoms. The number of halogens is 2. The van der Waals surface area contributed by atoms with Gasteiger partial charge in [0.25, 0.3) is 0 Å². The van der Waals surface area contributed by atoms with E-state index in [2.05, 4.69) is 10.7 Å². The highest BCUT2D eigenvalue weighted by atomic mass is 35.5. The van der Waals surface area contributed by atoms with Crippen molar-refractivity contribution in [2.75, 3.05) is 13.1 Å². The molecule has 1 saturated heterocycles. The molecular weight excluding hydrogens is 283 g/mol. The molecule has 1 aromatic heterocycles. The molecule has 1 aliphatic rings. The Labute approximate surface area is 124 Å². The molecule has 0 atom stereocenters. The Morgan fingerprint density at radius 3 is 2.58 bits per heavy atom. The predicted molar refractivity (Wildman–Crippen MR) is 73.5 cm³/mol. The number of benzene rings is 1. The summed E-state index contributed by atoms with van der Waals surface area (Å²) in [6, 6.07) is 6.55. The van der Waals surface area contributed by atoms with Gasteiger partial charge in [-0.25, -0.2) is 9.37 Å². The zero-order valence-electron chi connectivity index (χ0n) is 11.4. The van der Waals surface area contributed by atoms with Crippen molar-refractivity contribution in [3.8, 4) is 11.3 Å². The van der Waals surface area contributed by atoms with Crippen LogP contribution in [0.15, 0.2) is 29.6 Å². The molecule has 0 bridgehead atoms. The second kappa shape index (κ2) is 6.46. The van der Waals surface area contributed by atoms with Crippen LogP contribution in [-0.2, 0) is 0 Å². The molecule has 2 heterocycles. The van der Waals surface area contributed by atoms with E-state index < -0.39 is 0 Å². The van der Waals surface area contributed by atoms with Gasteiger partial charge in [-0.05, 0) is 50.2 Å². The van der Waals surface area contributed by atoms with Crippen LogP contribution in [0.3, 0.4) is 0 Å². The van der Waals surface area contributed by atoms with E-state index in [9.17, 15) is 4.39 Å². The summed E-state index contributed by atoms with van der Waals surface area (Å²) in [5.74, 6) is 0.387. The molecule has 1 N–H and O–H groups in total. The SMILES string of the molecule is Fc1ccc(-c2csc(C3CCNCC3)n2)cc1.[Cl-].[H+]. The van der Waals surface area contributed by atoms with Gasteiger partial charge in [0.2, 0.25) is 0 Å². The fourth-order valence-corrected chi connectivity index (χ4v) is 3.30. The highest BCUT2D eigenvalue weighted by molar-refractivity contribution is 7.10. The lowest BCUT2D eigenvalue weighted by molar-refractivity contribution is -0.00000426. The second-order valence-electron chi connectivity index (χ2n) is 4.60. The molecule has 2 aromatic rings. The zero-order chi connectivity index (χ0) is 12.4. The number of thiazole rings is 1. The van der Waals surface area contributed by atoms with Gasteiger partial charge in [-0.1, -0.05) is 0 Å². The average molecular weight is 299 g/mol. The maximum atomic E-state index is 12.9. The van der Waals surface area contributed by atoms with Crippen LogP contribution in [0.1, 0.15) is 25.2 Å². The minimum absolute atomic E-state index is 0. The smallest absolute Gasteiger partial charge is 1.00 e. The summed E-state index contributed by atoms with van der Waals surface area (Å²) < 4.78 is 12.9. The molecule has 2 nitrogen and oxygen atoms in total. The Hall–Kier alpha value is -0.970. The largest absolute Gasteiger partial charge is 1.00 e. The van der Waals surface area contributed by atoms with Crippen LogP contribution < -0.4 is 17.7 Å². The molecule has 102 valence electrons. The van der Waals surface area contributed by atoms with Crippen LogP contribution in [0, 0.1) is 5.82 Å². The van der Waals surface area contributed by atoms with Gasteiger partial charge >= 0.3 is 1.43 Å². The first-order chi connectivity index (χ1) is 8.83. The molecule has 19 heavy (non-hydrogen) atoms. The molecule has 1 fully saturated rings. The summed E-state index contributed by atoms with van der Waals surface area (Å²) in [7, 11) is 0. The molecule has 0 saturated carbocycles. The molecule has 0 spiro atoms. The van der Waals surface area contributed by atoms with Gasteiger partial charge in [-0.2, -0.15) is 0 Å². The number of aromatic nitrogens is 1. The van der Waals surface area contributed by atoms with Crippen molar-refractivity contribution in [3.63, 3.8) is 0 Å². The summed E-state index contributed by atoms with van der Waals surface area (Å²) in [4.78, 5) is 4.70. The predicted octanol–water partition coefficient (Wildman–Crippen LogP) is 0.533. The van der Waals surface area contributed by atoms with Gasteiger partial charge in [-0.15, -0.1) is 11.3 Å². The van der Waals surface area contributed by atoms with E-state index in [1.165, 1.54) is 17.1 Å². The van der Waals surface area contributed by atoms with Gasteiger partial charge in [-0.3, -0.25) is 0 Å². The number of hydrogen-bond donors (Lipinski definition) is 1. The summed E-state index contributed by atoms with van der Waals surface area (Å²) in [5.41, 5.74) is 1.96. The lowest BCUT2D eigenvalue weighted by Gasteiger charge is -2.20. The average Bonchev–Trinajstić information content (AvgIpc) is 2.90. The molecule has 0 aliphatic carbocycles. The molecule has 0 radical (unpaired) electrons. The Bertz CT molecular complexity index is 526. The summed E-state index contributed by atoms with van der Waals surface area (Å²) in [6.07, 6.45) is 2.33. The highest BCUT2D eigenvalue weighted by Crippen LogP contribution is 2.31. The van der Waals surface area contributed by atoms with Crippen LogP contribution in [0.25, 0.3) is 11.3 Å². The van der Waals surface area contributed by atoms with Crippen molar-refractivity contribution < 1.29 is 18.2 Å². The van der Waals surface area contributed by atoms with Crippen molar-refractivity contribution >= 4 is 11.3 Å². The standard InChI is InChI=1S/C14H15FN2S.ClH/c15-12-3-1-10(2-4-12)13-9-18-14(17-13)11-5-7-16-8-6-11;/h1-4,9,11,16H,5-8H2;1H. The van der Waals surface area contributed by atoms with Crippen molar-refractivity contribution in [1.29, 1.82) is 0 Å². The molecule has 1 aromatic carbocycles. The molecule has 0 amide bonds. The van der Waals surface area contributed by atoms with E-state index in [4.69, 9.17) is 4.98 Å². The third-order valence-corrected chi connectivity index (χ3v) is 4.36. The highest BCUT2D eigenvalue weighted by Gasteiger charge is 2.18. The normalized spacial score (nSPS) is 16.1. The van der Waals surface area contributed by atoms with Crippen molar-refractivity contribution in [1.82, 2.24) is 10.3 Å². The van der Waals surface area contributed by atoms with Crippen molar-refractivity contribution in [2.45, 2.75) is 18.8 Å². The van der Waals surface area contributed by atoms with E-state index in [1.54, 1.807) is 23.5 Å². The number of piperidine rings is 1. The second-order valence-corrected chi connectivity index (χ2v) is 5.49. The molecule has 1 aliphatic heterocycles. The van der Waals surface area contributed by atoms with E-state index in [0.29, 0.717) is 5.92 Å². The number of rotatable bonds is 2. The van der Waals surface area contributed by atoms with E-state index >= 15 is 0 Å². The van der Waals surface area contributed by atoms with Crippen molar-refractivity contribution in [2.24, 2.45) is 0 Å². The Morgan fingerprint density at radius 2 is 1.89 bits per heavy atom. The minimum Gasteiger partial charge on any atom is -1.00 e. The Morgan fingerprint density at radius 1 is 1.21 bits per heavy atom.